The van der Waals surface area contributed by atoms with Gasteiger partial charge in [0.15, 0.2) is 5.69 Å². The van der Waals surface area contributed by atoms with Crippen molar-refractivity contribution in [3.8, 4) is 0 Å². The summed E-state index contributed by atoms with van der Waals surface area (Å²) in [5.74, 6) is 0. The van der Waals surface area contributed by atoms with Crippen molar-refractivity contribution in [2.75, 3.05) is 0 Å². The number of nitrogens with zero attached hydrogens (tertiary/aromatic N) is 2. The van der Waals surface area contributed by atoms with Crippen LogP contribution in [0.25, 0.3) is 10.9 Å². The largest absolute Gasteiger partial charge is 0.391 e. The molecule has 16 heavy (non-hydrogen) atoms. The number of carbonyl (C=O) groups is 1. The highest BCUT2D eigenvalue weighted by Crippen LogP contribution is 2.20. The van der Waals surface area contributed by atoms with E-state index in [0.717, 1.165) is 5.52 Å². The van der Waals surface area contributed by atoms with Crippen LogP contribution in [0.2, 0.25) is 0 Å². The van der Waals surface area contributed by atoms with Crippen molar-refractivity contribution >= 4 is 27.7 Å². The first-order valence-electron chi connectivity index (χ1n) is 4.93. The van der Waals surface area contributed by atoms with Crippen LogP contribution in [0.4, 0.5) is 0 Å². The summed E-state index contributed by atoms with van der Waals surface area (Å²) in [6, 6.07) is 7.30. The molecule has 1 unspecified atom stereocenters. The van der Waals surface area contributed by atoms with Crippen molar-refractivity contribution in [2.24, 2.45) is 0 Å². The monoisotopic (exact) mass is 238 g/mol. The normalized spacial score (nSPS) is 12.9. The van der Waals surface area contributed by atoms with Crippen molar-refractivity contribution < 1.29 is 9.90 Å². The first-order chi connectivity index (χ1) is 7.59. The minimum Gasteiger partial charge on any atom is -0.391 e. The van der Waals surface area contributed by atoms with E-state index in [-0.39, 0.29) is 5.69 Å². The maximum absolute atomic E-state index is 11.2. The van der Waals surface area contributed by atoms with E-state index in [4.69, 9.17) is 11.6 Å². The molecule has 0 radical (unpaired) electrons. The van der Waals surface area contributed by atoms with Gasteiger partial charge in [0.1, 0.15) is 0 Å². The molecule has 1 aromatic carbocycles. The summed E-state index contributed by atoms with van der Waals surface area (Å²) in [7, 11) is 0. The molecule has 0 fully saturated rings. The zero-order chi connectivity index (χ0) is 11.7. The molecule has 1 aromatic heterocycles. The van der Waals surface area contributed by atoms with Crippen LogP contribution >= 0.6 is 11.6 Å². The fourth-order valence-electron chi connectivity index (χ4n) is 1.66. The Morgan fingerprint density at radius 1 is 1.56 bits per heavy atom. The van der Waals surface area contributed by atoms with E-state index < -0.39 is 11.3 Å². The number of aliphatic hydroxyl groups excluding tert-OH is 1. The third-order valence-corrected chi connectivity index (χ3v) is 2.46. The Hall–Kier alpha value is -1.39. The molecule has 0 amide bonds. The molecule has 84 valence electrons. The molecule has 4 nitrogen and oxygen atoms in total. The highest BCUT2D eigenvalue weighted by atomic mass is 35.5. The van der Waals surface area contributed by atoms with Crippen LogP contribution in [-0.2, 0) is 6.54 Å². The minimum atomic E-state index is -0.583. The molecule has 0 aliphatic rings. The second-order valence-corrected chi connectivity index (χ2v) is 4.01. The van der Waals surface area contributed by atoms with Gasteiger partial charge in [-0.25, -0.2) is 0 Å². The molecule has 0 aliphatic carbocycles. The molecule has 0 saturated carbocycles. The third kappa shape index (κ3) is 1.94. The first-order valence-corrected chi connectivity index (χ1v) is 5.31. The molecule has 0 saturated heterocycles. The van der Waals surface area contributed by atoms with Crippen molar-refractivity contribution in [3.63, 3.8) is 0 Å². The van der Waals surface area contributed by atoms with Gasteiger partial charge in [0.05, 0.1) is 18.2 Å². The Kier molecular flexibility index (Phi) is 2.94. The fourth-order valence-corrected chi connectivity index (χ4v) is 1.80. The highest BCUT2D eigenvalue weighted by Gasteiger charge is 2.15. The first kappa shape index (κ1) is 11.1. The number of fused-ring (bicyclic) bond motifs is 1. The SMILES string of the molecule is CC(O)Cn1nc(C(=O)Cl)c2ccccc21. The van der Waals surface area contributed by atoms with E-state index in [1.807, 2.05) is 18.2 Å². The van der Waals surface area contributed by atoms with E-state index in [0.29, 0.717) is 11.9 Å². The molecular weight excluding hydrogens is 228 g/mol. The lowest BCUT2D eigenvalue weighted by atomic mass is 10.2. The molecule has 0 spiro atoms. The summed E-state index contributed by atoms with van der Waals surface area (Å²) < 4.78 is 1.59. The van der Waals surface area contributed by atoms with Crippen LogP contribution in [0.5, 0.6) is 0 Å². The van der Waals surface area contributed by atoms with Gasteiger partial charge in [0.2, 0.25) is 0 Å². The van der Waals surface area contributed by atoms with Gasteiger partial charge < -0.3 is 5.11 Å². The van der Waals surface area contributed by atoms with Crippen LogP contribution < -0.4 is 0 Å². The number of halogens is 1. The van der Waals surface area contributed by atoms with E-state index in [9.17, 15) is 9.90 Å². The van der Waals surface area contributed by atoms with Crippen molar-refractivity contribution in [3.05, 3.63) is 30.0 Å². The zero-order valence-electron chi connectivity index (χ0n) is 8.72. The van der Waals surface area contributed by atoms with Crippen molar-refractivity contribution in [1.29, 1.82) is 0 Å². The molecule has 1 atom stereocenters. The number of rotatable bonds is 3. The number of benzene rings is 1. The molecular formula is C11H11ClN2O2. The lowest BCUT2D eigenvalue weighted by molar-refractivity contribution is 0.107. The van der Waals surface area contributed by atoms with Gasteiger partial charge in [-0.05, 0) is 24.6 Å². The Labute approximate surface area is 97.4 Å². The molecule has 1 N–H and O–H groups in total. The van der Waals surface area contributed by atoms with Crippen LogP contribution in [0, 0.1) is 0 Å². The van der Waals surface area contributed by atoms with E-state index in [1.165, 1.54) is 0 Å². The Bertz CT molecular complexity index is 534. The van der Waals surface area contributed by atoms with Crippen molar-refractivity contribution in [2.45, 2.75) is 19.6 Å². The third-order valence-electron chi connectivity index (χ3n) is 2.28. The lowest BCUT2D eigenvalue weighted by Crippen LogP contribution is -2.13. The number of hydrogen-bond acceptors (Lipinski definition) is 3. The van der Waals surface area contributed by atoms with Crippen molar-refractivity contribution in [1.82, 2.24) is 9.78 Å². The van der Waals surface area contributed by atoms with Gasteiger partial charge in [-0.1, -0.05) is 18.2 Å². The van der Waals surface area contributed by atoms with Crippen LogP contribution in [0.15, 0.2) is 24.3 Å². The van der Waals surface area contributed by atoms with Gasteiger partial charge in [-0.2, -0.15) is 5.10 Å². The maximum Gasteiger partial charge on any atom is 0.273 e. The molecule has 2 rings (SSSR count). The van der Waals surface area contributed by atoms with E-state index in [1.54, 1.807) is 17.7 Å². The predicted molar refractivity (Wildman–Crippen MR) is 61.6 cm³/mol. The topological polar surface area (TPSA) is 55.1 Å². The Morgan fingerprint density at radius 2 is 2.25 bits per heavy atom. The summed E-state index contributed by atoms with van der Waals surface area (Å²) in [5.41, 5.74) is 1.03. The summed E-state index contributed by atoms with van der Waals surface area (Å²) in [4.78, 5) is 11.2. The second-order valence-electron chi connectivity index (χ2n) is 3.67. The standard InChI is InChI=1S/C11H11ClN2O2/c1-7(15)6-14-9-5-3-2-4-8(9)10(13-14)11(12)16/h2-5,7,15H,6H2,1H3. The van der Waals surface area contributed by atoms with Gasteiger partial charge in [0, 0.05) is 5.39 Å². The number of carbonyl (C=O) groups excluding carboxylic acids is 1. The number of hydrogen-bond donors (Lipinski definition) is 1. The van der Waals surface area contributed by atoms with Crippen LogP contribution in [-0.4, -0.2) is 26.2 Å². The summed E-state index contributed by atoms with van der Waals surface area (Å²) in [6.07, 6.45) is -0.526. The minimum absolute atomic E-state index is 0.234. The Balaban J connectivity index is 2.62. The molecule has 5 heteroatoms. The van der Waals surface area contributed by atoms with E-state index >= 15 is 0 Å². The predicted octanol–water partition coefficient (Wildman–Crippen LogP) is 1.80. The quantitative estimate of drug-likeness (QED) is 0.830. The summed E-state index contributed by atoms with van der Waals surface area (Å²) >= 11 is 5.45. The summed E-state index contributed by atoms with van der Waals surface area (Å²) in [5, 5.41) is 13.6. The molecule has 1 heterocycles. The number of para-hydroxylation sites is 1. The van der Waals surface area contributed by atoms with Crippen LogP contribution in [0.1, 0.15) is 17.4 Å². The van der Waals surface area contributed by atoms with E-state index in [2.05, 4.69) is 5.10 Å². The summed E-state index contributed by atoms with van der Waals surface area (Å²) in [6.45, 7) is 2.00. The zero-order valence-corrected chi connectivity index (χ0v) is 9.48. The smallest absolute Gasteiger partial charge is 0.273 e. The van der Waals surface area contributed by atoms with Gasteiger partial charge in [0.25, 0.3) is 5.24 Å². The van der Waals surface area contributed by atoms with Gasteiger partial charge in [-0.3, -0.25) is 9.48 Å². The average molecular weight is 239 g/mol. The molecule has 0 bridgehead atoms. The second kappa shape index (κ2) is 4.23. The Morgan fingerprint density at radius 3 is 2.88 bits per heavy atom. The van der Waals surface area contributed by atoms with Gasteiger partial charge >= 0.3 is 0 Å². The fraction of sp³-hybridized carbons (Fsp3) is 0.273. The molecule has 0 aliphatic heterocycles. The average Bonchev–Trinajstić information content (AvgIpc) is 2.57. The maximum atomic E-state index is 11.2. The number of aromatic nitrogens is 2. The number of aliphatic hydroxyl groups is 1. The van der Waals surface area contributed by atoms with Crippen LogP contribution in [0.3, 0.4) is 0 Å². The highest BCUT2D eigenvalue weighted by molar-refractivity contribution is 6.68. The lowest BCUT2D eigenvalue weighted by Gasteiger charge is -2.04. The molecule has 2 aromatic rings. The van der Waals surface area contributed by atoms with Gasteiger partial charge in [-0.15, -0.1) is 0 Å².